The average Bonchev–Trinajstić information content (AvgIpc) is 2.54. The van der Waals surface area contributed by atoms with E-state index in [0.29, 0.717) is 5.70 Å². The zero-order chi connectivity index (χ0) is 14.8. The minimum absolute atomic E-state index is 0.631. The molecule has 2 aromatic carbocycles. The van der Waals surface area contributed by atoms with Crippen molar-refractivity contribution in [1.29, 1.82) is 0 Å². The van der Waals surface area contributed by atoms with Gasteiger partial charge in [-0.15, -0.1) is 5.12 Å². The summed E-state index contributed by atoms with van der Waals surface area (Å²) in [7, 11) is 0. The van der Waals surface area contributed by atoms with Crippen molar-refractivity contribution in [2.75, 3.05) is 10.2 Å². The smallest absolute Gasteiger partial charge is 0.273 e. The maximum atomic E-state index is 12.6. The van der Waals surface area contributed by atoms with Gasteiger partial charge >= 0.3 is 0 Å². The summed E-state index contributed by atoms with van der Waals surface area (Å²) in [6, 6.07) is 19.3. The lowest BCUT2D eigenvalue weighted by molar-refractivity contribution is -0.521. The summed E-state index contributed by atoms with van der Waals surface area (Å²) >= 11 is 0. The molecule has 0 unspecified atom stereocenters. The lowest BCUT2D eigenvalue weighted by Gasteiger charge is -2.33. The Hall–Kier alpha value is -2.82. The van der Waals surface area contributed by atoms with Crippen molar-refractivity contribution in [3.63, 3.8) is 0 Å². The number of nitroso groups, excluding NO2 is 1. The summed E-state index contributed by atoms with van der Waals surface area (Å²) in [4.78, 5) is 13.5. The van der Waals surface area contributed by atoms with Gasteiger partial charge < -0.3 is 0 Å². The number of allylic oxidation sites excluding steroid dienone is 2. The van der Waals surface area contributed by atoms with E-state index in [1.165, 1.54) is 0 Å². The molecule has 3 rings (SSSR count). The van der Waals surface area contributed by atoms with Crippen LogP contribution in [0.25, 0.3) is 0 Å². The monoisotopic (exact) mass is 281 g/mol. The molecule has 0 fully saturated rings. The third-order valence-electron chi connectivity index (χ3n) is 3.45. The first-order valence-corrected chi connectivity index (χ1v) is 6.80. The molecule has 0 radical (unpaired) electrons. The number of rotatable bonds is 2. The van der Waals surface area contributed by atoms with Crippen molar-refractivity contribution >= 4 is 11.4 Å². The molecule has 0 bridgehead atoms. The lowest BCUT2D eigenvalue weighted by atomic mass is 10.3. The molecule has 0 saturated carbocycles. The van der Waals surface area contributed by atoms with Crippen molar-refractivity contribution in [2.24, 2.45) is 0 Å². The van der Waals surface area contributed by atoms with Crippen molar-refractivity contribution in [1.82, 2.24) is 5.43 Å². The second-order valence-corrected chi connectivity index (χ2v) is 4.87. The van der Waals surface area contributed by atoms with E-state index >= 15 is 0 Å². The zero-order valence-electron chi connectivity index (χ0n) is 12.0. The van der Waals surface area contributed by atoms with Crippen LogP contribution in [-0.4, -0.2) is 4.87 Å². The second kappa shape index (κ2) is 5.28. The van der Waals surface area contributed by atoms with Gasteiger partial charge in [-0.2, -0.15) is 0 Å². The lowest BCUT2D eigenvalue weighted by Crippen LogP contribution is -2.58. The first kappa shape index (κ1) is 13.2. The highest BCUT2D eigenvalue weighted by Gasteiger charge is 2.38. The predicted octanol–water partition coefficient (Wildman–Crippen LogP) is 3.38. The number of nitrogens with one attached hydrogen (secondary N) is 1. The summed E-state index contributed by atoms with van der Waals surface area (Å²) in [5.41, 5.74) is 6.38. The van der Waals surface area contributed by atoms with E-state index in [2.05, 4.69) is 5.43 Å². The van der Waals surface area contributed by atoms with Crippen LogP contribution in [0.5, 0.6) is 0 Å². The molecule has 0 aromatic heterocycles. The Kier molecular flexibility index (Phi) is 3.31. The highest BCUT2D eigenvalue weighted by molar-refractivity contribution is 5.55. The Morgan fingerprint density at radius 2 is 1.38 bits per heavy atom. The van der Waals surface area contributed by atoms with Crippen molar-refractivity contribution in [2.45, 2.75) is 13.8 Å². The maximum Gasteiger partial charge on any atom is 0.288 e. The van der Waals surface area contributed by atoms with Crippen LogP contribution >= 0.6 is 0 Å². The van der Waals surface area contributed by atoms with Crippen LogP contribution in [-0.2, 0) is 0 Å². The molecule has 5 nitrogen and oxygen atoms in total. The van der Waals surface area contributed by atoms with E-state index in [9.17, 15) is 4.91 Å². The van der Waals surface area contributed by atoms with Crippen LogP contribution < -0.4 is 15.7 Å². The third-order valence-corrected chi connectivity index (χ3v) is 3.45. The van der Waals surface area contributed by atoms with Crippen LogP contribution in [0.4, 0.5) is 11.4 Å². The number of nitrogens with zero attached hydrogens (tertiary/aromatic N) is 3. The van der Waals surface area contributed by atoms with Gasteiger partial charge in [0.2, 0.25) is 0 Å². The summed E-state index contributed by atoms with van der Waals surface area (Å²) < 4.78 is 0. The molecule has 21 heavy (non-hydrogen) atoms. The van der Waals surface area contributed by atoms with Crippen LogP contribution in [0.3, 0.4) is 0 Å². The molecule has 1 aliphatic rings. The highest BCUT2D eigenvalue weighted by atomic mass is 16.4. The fourth-order valence-electron chi connectivity index (χ4n) is 2.18. The second-order valence-electron chi connectivity index (χ2n) is 4.87. The Morgan fingerprint density at radius 3 is 1.95 bits per heavy atom. The van der Waals surface area contributed by atoms with Crippen LogP contribution in [0.15, 0.2) is 72.1 Å². The summed E-state index contributed by atoms with van der Waals surface area (Å²) in [5.74, 6) is 0. The molecule has 0 spiro atoms. The fraction of sp³-hybridized carbons (Fsp3) is 0.125. The van der Waals surface area contributed by atoms with Gasteiger partial charge in [0, 0.05) is 12.0 Å². The molecular weight excluding hydrogens is 264 g/mol. The molecule has 0 aliphatic carbocycles. The summed E-state index contributed by atoms with van der Waals surface area (Å²) in [6.07, 6.45) is 0. The summed E-state index contributed by atoms with van der Waals surface area (Å²) in [6.45, 7) is 3.69. The minimum Gasteiger partial charge on any atom is -0.273 e. The van der Waals surface area contributed by atoms with Crippen LogP contribution in [0.2, 0.25) is 0 Å². The van der Waals surface area contributed by atoms with Gasteiger partial charge in [-0.3, -0.25) is 5.43 Å². The molecule has 0 atom stereocenters. The van der Waals surface area contributed by atoms with E-state index in [1.807, 2.05) is 67.6 Å². The number of benzene rings is 2. The van der Waals surface area contributed by atoms with E-state index in [0.717, 1.165) is 21.9 Å². The molecule has 1 heterocycles. The van der Waals surface area contributed by atoms with Gasteiger partial charge in [-0.25, -0.2) is 0 Å². The number of anilines is 2. The third kappa shape index (κ3) is 2.33. The number of hydrazine groups is 3. The number of hydrogen-bond acceptors (Lipinski definition) is 3. The van der Waals surface area contributed by atoms with Crippen molar-refractivity contribution in [3.05, 3.63) is 77.0 Å². The minimum atomic E-state index is 0.631. The van der Waals surface area contributed by atoms with E-state index in [-0.39, 0.29) is 0 Å². The average molecular weight is 281 g/mol. The standard InChI is InChI=1S/C16H17N4O/c1-13-14(2)20(21)19(16-11-7-4-8-12-16)18(17-13)15-9-5-3-6-10-15/h3-12,17H,1-2H3/q+1. The molecule has 0 saturated heterocycles. The highest BCUT2D eigenvalue weighted by Crippen LogP contribution is 2.26. The maximum absolute atomic E-state index is 12.6. The van der Waals surface area contributed by atoms with Gasteiger partial charge in [-0.05, 0) is 31.2 Å². The summed E-state index contributed by atoms with van der Waals surface area (Å²) in [5, 5.41) is 3.31. The van der Waals surface area contributed by atoms with E-state index in [1.54, 1.807) is 17.2 Å². The Labute approximate surface area is 123 Å². The van der Waals surface area contributed by atoms with Crippen LogP contribution in [0.1, 0.15) is 13.8 Å². The first-order valence-electron chi connectivity index (χ1n) is 6.80. The number of para-hydroxylation sites is 2. The molecule has 5 heteroatoms. The largest absolute Gasteiger partial charge is 0.288 e. The molecule has 1 aliphatic heterocycles. The molecule has 106 valence electrons. The predicted molar refractivity (Wildman–Crippen MR) is 83.0 cm³/mol. The Balaban J connectivity index is 2.10. The van der Waals surface area contributed by atoms with Gasteiger partial charge in [0.15, 0.2) is 4.87 Å². The molecule has 2 aromatic rings. The fourth-order valence-corrected chi connectivity index (χ4v) is 2.18. The quantitative estimate of drug-likeness (QED) is 0.857. The SMILES string of the molecule is CC1=C(C)[N+](=O)N(c2ccccc2)N(c2ccccc2)N1. The molecular formula is C16H17N4O+. The van der Waals surface area contributed by atoms with Crippen LogP contribution in [0, 0.1) is 4.91 Å². The zero-order valence-corrected chi connectivity index (χ0v) is 12.0. The molecule has 0 amide bonds. The van der Waals surface area contributed by atoms with E-state index < -0.39 is 0 Å². The first-order chi connectivity index (χ1) is 10.2. The van der Waals surface area contributed by atoms with Gasteiger partial charge in [0.05, 0.1) is 10.6 Å². The Morgan fingerprint density at radius 1 is 0.857 bits per heavy atom. The normalized spacial score (nSPS) is 15.2. The van der Waals surface area contributed by atoms with Gasteiger partial charge in [0.25, 0.3) is 5.70 Å². The Bertz CT molecular complexity index is 682. The van der Waals surface area contributed by atoms with Gasteiger partial charge in [0.1, 0.15) is 11.4 Å². The van der Waals surface area contributed by atoms with Crippen molar-refractivity contribution < 1.29 is 4.87 Å². The topological polar surface area (TPSA) is 38.6 Å². The number of hydrogen-bond donors (Lipinski definition) is 1. The van der Waals surface area contributed by atoms with Gasteiger partial charge in [-0.1, -0.05) is 36.4 Å². The molecule has 1 N–H and O–H groups in total. The van der Waals surface area contributed by atoms with E-state index in [4.69, 9.17) is 0 Å². The van der Waals surface area contributed by atoms with Crippen molar-refractivity contribution in [3.8, 4) is 0 Å².